The van der Waals surface area contributed by atoms with E-state index < -0.39 is 0 Å². The summed E-state index contributed by atoms with van der Waals surface area (Å²) in [5, 5.41) is 0. The lowest BCUT2D eigenvalue weighted by molar-refractivity contribution is 0.101. The minimum atomic E-state index is 0.0469. The number of nitrogens with two attached hydrogens (primary N) is 1. The highest BCUT2D eigenvalue weighted by molar-refractivity contribution is 6.14. The molecule has 0 saturated heterocycles. The van der Waals surface area contributed by atoms with Gasteiger partial charge < -0.3 is 10.6 Å². The maximum absolute atomic E-state index is 11.4. The summed E-state index contributed by atoms with van der Waals surface area (Å²) in [6, 6.07) is 7.39. The van der Waals surface area contributed by atoms with Gasteiger partial charge in [-0.3, -0.25) is 9.79 Å². The van der Waals surface area contributed by atoms with E-state index in [1.54, 1.807) is 32.2 Å². The quantitative estimate of drug-likeness (QED) is 0.172. The number of carbonyl (C=O) groups excluding carboxylic acids is 1. The number of unbranched alkanes of at least 4 members (excludes halogenated alkanes) is 4. The first-order chi connectivity index (χ1) is 15.3. The van der Waals surface area contributed by atoms with Gasteiger partial charge in [-0.05, 0) is 50.6 Å². The molecule has 2 N–H and O–H groups in total. The third kappa shape index (κ3) is 10.4. The highest BCUT2D eigenvalue weighted by Gasteiger charge is 2.12. The van der Waals surface area contributed by atoms with E-state index >= 15 is 0 Å². The zero-order chi connectivity index (χ0) is 24.5. The van der Waals surface area contributed by atoms with Crippen LogP contribution >= 0.6 is 0 Å². The first-order valence-corrected chi connectivity index (χ1v) is 11.5. The number of hydrogen-bond donors (Lipinski definition) is 1. The van der Waals surface area contributed by atoms with Gasteiger partial charge in [0.2, 0.25) is 0 Å². The Balaban J connectivity index is 0.00000118. The Morgan fingerprint density at radius 2 is 1.66 bits per heavy atom. The monoisotopic (exact) mass is 437 g/mol. The van der Waals surface area contributed by atoms with Gasteiger partial charge >= 0.3 is 0 Å². The van der Waals surface area contributed by atoms with Crippen molar-refractivity contribution < 1.29 is 4.79 Å². The Bertz CT molecular complexity index is 823. The zero-order valence-corrected chi connectivity index (χ0v) is 21.2. The number of aliphatic imine (C=N–C) groups is 1. The number of rotatable bonds is 11. The molecule has 0 aliphatic carbocycles. The molecule has 0 atom stereocenters. The largest absolute Gasteiger partial charge is 0.396 e. The first kappa shape index (κ1) is 29.1. The van der Waals surface area contributed by atoms with Crippen molar-refractivity contribution in [3.63, 3.8) is 0 Å². The summed E-state index contributed by atoms with van der Waals surface area (Å²) in [5.41, 5.74) is 11.2. The Labute approximate surface area is 196 Å². The Morgan fingerprint density at radius 3 is 2.06 bits per heavy atom. The third-order valence-corrected chi connectivity index (χ3v) is 5.12. The zero-order valence-electron chi connectivity index (χ0n) is 21.2. The number of ketones is 1. The van der Waals surface area contributed by atoms with Crippen LogP contribution in [0, 0.1) is 0 Å². The summed E-state index contributed by atoms with van der Waals surface area (Å²) >= 11 is 0. The lowest BCUT2D eigenvalue weighted by Gasteiger charge is -2.18. The molecule has 176 valence electrons. The molecule has 0 aromatic heterocycles. The van der Waals surface area contributed by atoms with Crippen LogP contribution in [0.4, 0.5) is 5.69 Å². The van der Waals surface area contributed by atoms with E-state index in [4.69, 9.17) is 5.73 Å². The van der Waals surface area contributed by atoms with Crippen molar-refractivity contribution in [2.24, 2.45) is 10.7 Å². The van der Waals surface area contributed by atoms with Crippen LogP contribution in [0.15, 0.2) is 77.1 Å². The van der Waals surface area contributed by atoms with Gasteiger partial charge in [0.1, 0.15) is 0 Å². The molecular formula is C28H43N3O. The number of nitrogens with zero attached hydrogens (tertiary/aromatic N) is 2. The van der Waals surface area contributed by atoms with Crippen molar-refractivity contribution in [3.8, 4) is 0 Å². The molecule has 1 rings (SSSR count). The minimum Gasteiger partial charge on any atom is -0.396 e. The van der Waals surface area contributed by atoms with Crippen LogP contribution in [0.25, 0.3) is 0 Å². The molecule has 0 aliphatic heterocycles. The second-order valence-corrected chi connectivity index (χ2v) is 7.72. The van der Waals surface area contributed by atoms with Crippen LogP contribution < -0.4 is 10.6 Å². The second kappa shape index (κ2) is 16.8. The molecule has 0 bridgehead atoms. The van der Waals surface area contributed by atoms with Crippen LogP contribution in [-0.2, 0) is 0 Å². The van der Waals surface area contributed by atoms with Crippen molar-refractivity contribution in [2.45, 2.75) is 66.7 Å². The van der Waals surface area contributed by atoms with Crippen LogP contribution in [0.3, 0.4) is 0 Å². The van der Waals surface area contributed by atoms with Gasteiger partial charge in [-0.2, -0.15) is 0 Å². The van der Waals surface area contributed by atoms with Crippen LogP contribution in [0.5, 0.6) is 0 Å². The maximum atomic E-state index is 11.4. The standard InChI is InChI=1S/C21H27N3O.C7H16/c1-7-9-19(15(3)8-2)21(23-5)20(22)14-24(6)18-12-10-17(11-13-18)16(4)25;1-3-5-7-6-4-2/h7-14H,1,22H2,2-6H3;3-7H2,1-2H3/b15-8-,19-9+,20-14-,23-21?;. The molecule has 0 saturated carbocycles. The minimum absolute atomic E-state index is 0.0469. The van der Waals surface area contributed by atoms with Gasteiger partial charge in [0.05, 0.1) is 11.4 Å². The average Bonchev–Trinajstić information content (AvgIpc) is 2.79. The molecular weight excluding hydrogens is 394 g/mol. The molecule has 4 nitrogen and oxygen atoms in total. The number of allylic oxidation sites excluding steroid dienone is 5. The molecule has 32 heavy (non-hydrogen) atoms. The summed E-state index contributed by atoms with van der Waals surface area (Å²) in [6.07, 6.45) is 14.5. The molecule has 0 amide bonds. The van der Waals surface area contributed by atoms with E-state index in [0.29, 0.717) is 17.0 Å². The topological polar surface area (TPSA) is 58.7 Å². The fourth-order valence-corrected chi connectivity index (χ4v) is 3.03. The van der Waals surface area contributed by atoms with E-state index in [2.05, 4.69) is 25.4 Å². The van der Waals surface area contributed by atoms with Crippen molar-refractivity contribution in [2.75, 3.05) is 19.0 Å². The maximum Gasteiger partial charge on any atom is 0.159 e. The lowest BCUT2D eigenvalue weighted by atomic mass is 9.99. The van der Waals surface area contributed by atoms with Crippen LogP contribution in [-0.4, -0.2) is 25.6 Å². The number of hydrogen-bond acceptors (Lipinski definition) is 4. The van der Waals surface area contributed by atoms with Gasteiger partial charge in [0.15, 0.2) is 5.78 Å². The molecule has 0 spiro atoms. The Kier molecular flexibility index (Phi) is 15.3. The summed E-state index contributed by atoms with van der Waals surface area (Å²) < 4.78 is 0. The van der Waals surface area contributed by atoms with E-state index in [1.807, 2.05) is 56.3 Å². The lowest BCUT2D eigenvalue weighted by Crippen LogP contribution is -2.20. The van der Waals surface area contributed by atoms with Crippen molar-refractivity contribution in [3.05, 3.63) is 77.7 Å². The summed E-state index contributed by atoms with van der Waals surface area (Å²) in [7, 11) is 3.62. The van der Waals surface area contributed by atoms with Crippen LogP contribution in [0.1, 0.15) is 77.1 Å². The summed E-state index contributed by atoms with van der Waals surface area (Å²) in [5.74, 6) is 0.0469. The number of carbonyl (C=O) groups is 1. The average molecular weight is 438 g/mol. The smallest absolute Gasteiger partial charge is 0.159 e. The SMILES string of the molecule is C=C/C=C(C(=NC)/C(N)=C/N(C)c1ccc(C(C)=O)cc1)\C(C)=C/C.CCCCCCC. The normalized spacial score (nSPS) is 12.7. The van der Waals surface area contributed by atoms with Gasteiger partial charge in [-0.25, -0.2) is 0 Å². The number of anilines is 1. The molecule has 0 radical (unpaired) electrons. The van der Waals surface area contributed by atoms with Crippen LogP contribution in [0.2, 0.25) is 0 Å². The van der Waals surface area contributed by atoms with Gasteiger partial charge in [0.25, 0.3) is 0 Å². The fourth-order valence-electron chi connectivity index (χ4n) is 3.03. The molecule has 1 aromatic carbocycles. The first-order valence-electron chi connectivity index (χ1n) is 11.5. The van der Waals surface area contributed by atoms with E-state index in [-0.39, 0.29) is 5.78 Å². The van der Waals surface area contributed by atoms with Gasteiger partial charge in [0, 0.05) is 37.1 Å². The second-order valence-electron chi connectivity index (χ2n) is 7.72. The predicted octanol–water partition coefficient (Wildman–Crippen LogP) is 7.25. The van der Waals surface area contributed by atoms with Gasteiger partial charge in [-0.15, -0.1) is 0 Å². The molecule has 4 heteroatoms. The third-order valence-electron chi connectivity index (χ3n) is 5.12. The summed E-state index contributed by atoms with van der Waals surface area (Å²) in [6.45, 7) is 13.8. The van der Waals surface area contributed by atoms with Crippen molar-refractivity contribution in [1.82, 2.24) is 0 Å². The van der Waals surface area contributed by atoms with Crippen molar-refractivity contribution in [1.29, 1.82) is 0 Å². The number of Topliss-reactive ketones (excluding diaryl/α,β-unsaturated/α-hetero) is 1. The van der Waals surface area contributed by atoms with Gasteiger partial charge in [-0.1, -0.05) is 70.8 Å². The Morgan fingerprint density at radius 1 is 1.09 bits per heavy atom. The molecule has 0 heterocycles. The van der Waals surface area contributed by atoms with E-state index in [0.717, 1.165) is 16.8 Å². The predicted molar refractivity (Wildman–Crippen MR) is 143 cm³/mol. The molecule has 0 aliphatic rings. The summed E-state index contributed by atoms with van der Waals surface area (Å²) in [4.78, 5) is 17.6. The number of benzene rings is 1. The highest BCUT2D eigenvalue weighted by atomic mass is 16.1. The van der Waals surface area contributed by atoms with E-state index in [1.165, 1.54) is 32.1 Å². The van der Waals surface area contributed by atoms with Crippen molar-refractivity contribution >= 4 is 17.2 Å². The molecule has 1 aromatic rings. The highest BCUT2D eigenvalue weighted by Crippen LogP contribution is 2.18. The van der Waals surface area contributed by atoms with E-state index in [9.17, 15) is 4.79 Å². The Hall–Kier alpha value is -2.88. The fraction of sp³-hybridized carbons (Fsp3) is 0.429. The molecule has 0 fully saturated rings. The molecule has 0 unspecified atom stereocenters.